The van der Waals surface area contributed by atoms with Crippen LogP contribution in [0.1, 0.15) is 24.3 Å². The third-order valence-corrected chi connectivity index (χ3v) is 4.43. The van der Waals surface area contributed by atoms with E-state index in [0.717, 1.165) is 23.5 Å². The summed E-state index contributed by atoms with van der Waals surface area (Å²) in [5.41, 5.74) is 1.03. The predicted octanol–water partition coefficient (Wildman–Crippen LogP) is 2.25. The normalized spacial score (nSPS) is 26.0. The summed E-state index contributed by atoms with van der Waals surface area (Å²) >= 11 is 0. The molecule has 0 unspecified atom stereocenters. The Balaban J connectivity index is 1.93. The largest absolute Gasteiger partial charge is 0.469 e. The van der Waals surface area contributed by atoms with Crippen LogP contribution in [0.25, 0.3) is 0 Å². The van der Waals surface area contributed by atoms with Gasteiger partial charge in [-0.15, -0.1) is 0 Å². The van der Waals surface area contributed by atoms with Gasteiger partial charge in [0.25, 0.3) is 0 Å². The number of carbonyl (C=O) groups is 1. The summed E-state index contributed by atoms with van der Waals surface area (Å²) in [5, 5.41) is 9.25. The second kappa shape index (κ2) is 6.40. The molecule has 1 aromatic rings. The van der Waals surface area contributed by atoms with Gasteiger partial charge in [0.15, 0.2) is 11.5 Å². The Labute approximate surface area is 129 Å². The van der Waals surface area contributed by atoms with Crippen molar-refractivity contribution in [1.29, 1.82) is 0 Å². The maximum absolute atomic E-state index is 12.3. The number of fused-ring (bicyclic) bond motifs is 1. The molecule has 0 fully saturated rings. The molecule has 1 aliphatic carbocycles. The first-order valence-corrected chi connectivity index (χ1v) is 7.49. The molecule has 3 rings (SSSR count). The smallest absolute Gasteiger partial charge is 0.309 e. The van der Waals surface area contributed by atoms with Crippen LogP contribution < -0.4 is 9.47 Å². The van der Waals surface area contributed by atoms with Gasteiger partial charge in [-0.2, -0.15) is 0 Å². The number of rotatable bonds is 4. The van der Waals surface area contributed by atoms with Crippen LogP contribution in [0.3, 0.4) is 0 Å². The van der Waals surface area contributed by atoms with Crippen molar-refractivity contribution in [3.63, 3.8) is 0 Å². The molecule has 0 saturated carbocycles. The van der Waals surface area contributed by atoms with Crippen molar-refractivity contribution in [3.05, 3.63) is 35.9 Å². The Morgan fingerprint density at radius 2 is 2.18 bits per heavy atom. The van der Waals surface area contributed by atoms with Gasteiger partial charge in [0, 0.05) is 12.5 Å². The first-order valence-electron chi connectivity index (χ1n) is 7.49. The molecule has 1 N–H and O–H groups in total. The molecule has 1 heterocycles. The average molecular weight is 304 g/mol. The summed E-state index contributed by atoms with van der Waals surface area (Å²) in [6, 6.07) is 5.80. The Bertz CT molecular complexity index is 580. The number of carbonyl (C=O) groups excluding carboxylic acids is 1. The summed E-state index contributed by atoms with van der Waals surface area (Å²) in [5.74, 6) is 0.934. The standard InChI is InChI=1S/C17H20O5/c1-20-17(19)16-11(7-8-18)3-2-4-13(16)12-5-6-14-15(9-12)22-10-21-14/h2-3,5-6,9,11,13,16,18H,4,7-8,10H2,1H3/t11-,13-,16+/m0/s1. The van der Waals surface area contributed by atoms with Gasteiger partial charge < -0.3 is 19.3 Å². The van der Waals surface area contributed by atoms with E-state index in [9.17, 15) is 9.90 Å². The van der Waals surface area contributed by atoms with Crippen molar-refractivity contribution < 1.29 is 24.1 Å². The number of aliphatic hydroxyl groups excluding tert-OH is 1. The second-order valence-corrected chi connectivity index (χ2v) is 5.61. The number of aliphatic hydroxyl groups is 1. The molecule has 1 aliphatic heterocycles. The Morgan fingerprint density at radius 1 is 1.36 bits per heavy atom. The van der Waals surface area contributed by atoms with Crippen molar-refractivity contribution in [1.82, 2.24) is 0 Å². The summed E-state index contributed by atoms with van der Waals surface area (Å²) < 4.78 is 15.8. The fourth-order valence-corrected chi connectivity index (χ4v) is 3.35. The van der Waals surface area contributed by atoms with Crippen LogP contribution in [0.5, 0.6) is 11.5 Å². The van der Waals surface area contributed by atoms with E-state index in [1.165, 1.54) is 7.11 Å². The van der Waals surface area contributed by atoms with E-state index < -0.39 is 0 Å². The lowest BCUT2D eigenvalue weighted by Crippen LogP contribution is -2.32. The minimum absolute atomic E-state index is 0.0124. The number of allylic oxidation sites excluding steroid dienone is 2. The molecule has 0 bridgehead atoms. The molecule has 0 radical (unpaired) electrons. The zero-order valence-electron chi connectivity index (χ0n) is 12.5. The molecule has 3 atom stereocenters. The van der Waals surface area contributed by atoms with Gasteiger partial charge in [0.2, 0.25) is 6.79 Å². The lowest BCUT2D eigenvalue weighted by molar-refractivity contribution is -0.148. The zero-order valence-corrected chi connectivity index (χ0v) is 12.5. The fourth-order valence-electron chi connectivity index (χ4n) is 3.35. The minimum Gasteiger partial charge on any atom is -0.469 e. The number of esters is 1. The number of ether oxygens (including phenoxy) is 3. The lowest BCUT2D eigenvalue weighted by atomic mass is 9.71. The van der Waals surface area contributed by atoms with Crippen LogP contribution in [-0.2, 0) is 9.53 Å². The summed E-state index contributed by atoms with van der Waals surface area (Å²) in [6.45, 7) is 0.285. The van der Waals surface area contributed by atoms with Crippen LogP contribution in [0.2, 0.25) is 0 Å². The lowest BCUT2D eigenvalue weighted by Gasteiger charge is -2.33. The van der Waals surface area contributed by atoms with Gasteiger partial charge in [-0.3, -0.25) is 4.79 Å². The van der Waals surface area contributed by atoms with E-state index in [2.05, 4.69) is 6.08 Å². The van der Waals surface area contributed by atoms with E-state index in [1.807, 2.05) is 24.3 Å². The summed E-state index contributed by atoms with van der Waals surface area (Å²) in [7, 11) is 1.41. The summed E-state index contributed by atoms with van der Waals surface area (Å²) in [6.07, 6.45) is 5.41. The summed E-state index contributed by atoms with van der Waals surface area (Å²) in [4.78, 5) is 12.3. The monoisotopic (exact) mass is 304 g/mol. The SMILES string of the molecule is COC(=O)[C@@H]1[C@H](CCO)C=CC[C@H]1c1ccc2c(c1)OCO2. The predicted molar refractivity (Wildman–Crippen MR) is 79.8 cm³/mol. The Kier molecular flexibility index (Phi) is 4.34. The molecule has 0 saturated heterocycles. The third kappa shape index (κ3) is 2.68. The quantitative estimate of drug-likeness (QED) is 0.682. The molecule has 0 spiro atoms. The highest BCUT2D eigenvalue weighted by Gasteiger charge is 2.37. The highest BCUT2D eigenvalue weighted by molar-refractivity contribution is 5.75. The Morgan fingerprint density at radius 3 is 2.95 bits per heavy atom. The molecule has 22 heavy (non-hydrogen) atoms. The van der Waals surface area contributed by atoms with Gasteiger partial charge in [0.05, 0.1) is 13.0 Å². The fraction of sp³-hybridized carbons (Fsp3) is 0.471. The maximum atomic E-state index is 12.3. The van der Waals surface area contributed by atoms with E-state index in [0.29, 0.717) is 6.42 Å². The average Bonchev–Trinajstić information content (AvgIpc) is 3.01. The first kappa shape index (κ1) is 14.9. The Hall–Kier alpha value is -2.01. The van der Waals surface area contributed by atoms with E-state index >= 15 is 0 Å². The van der Waals surface area contributed by atoms with Crippen molar-refractivity contribution >= 4 is 5.97 Å². The number of methoxy groups -OCH3 is 1. The molecule has 5 nitrogen and oxygen atoms in total. The van der Waals surface area contributed by atoms with E-state index in [4.69, 9.17) is 14.2 Å². The molecule has 1 aromatic carbocycles. The van der Waals surface area contributed by atoms with Gasteiger partial charge in [-0.05, 0) is 36.5 Å². The molecule has 0 aromatic heterocycles. The molecule has 5 heteroatoms. The minimum atomic E-state index is -0.289. The van der Waals surface area contributed by atoms with Crippen molar-refractivity contribution in [2.24, 2.45) is 11.8 Å². The van der Waals surface area contributed by atoms with Crippen LogP contribution in [0.15, 0.2) is 30.4 Å². The first-order chi connectivity index (χ1) is 10.7. The van der Waals surface area contributed by atoms with Crippen LogP contribution >= 0.6 is 0 Å². The van der Waals surface area contributed by atoms with Crippen LogP contribution in [-0.4, -0.2) is 31.6 Å². The van der Waals surface area contributed by atoms with Gasteiger partial charge in [-0.25, -0.2) is 0 Å². The maximum Gasteiger partial charge on any atom is 0.309 e. The molecule has 0 amide bonds. The van der Waals surface area contributed by atoms with Crippen molar-refractivity contribution in [3.8, 4) is 11.5 Å². The van der Waals surface area contributed by atoms with Crippen LogP contribution in [0.4, 0.5) is 0 Å². The van der Waals surface area contributed by atoms with Gasteiger partial charge in [-0.1, -0.05) is 18.2 Å². The topological polar surface area (TPSA) is 65.0 Å². The zero-order chi connectivity index (χ0) is 15.5. The van der Waals surface area contributed by atoms with Crippen molar-refractivity contribution in [2.45, 2.75) is 18.8 Å². The molecule has 118 valence electrons. The van der Waals surface area contributed by atoms with Gasteiger partial charge >= 0.3 is 5.97 Å². The molecular weight excluding hydrogens is 284 g/mol. The second-order valence-electron chi connectivity index (χ2n) is 5.61. The van der Waals surface area contributed by atoms with E-state index in [-0.39, 0.29) is 37.1 Å². The molecule has 2 aliphatic rings. The number of hydrogen-bond donors (Lipinski definition) is 1. The number of benzene rings is 1. The van der Waals surface area contributed by atoms with Gasteiger partial charge in [0.1, 0.15) is 0 Å². The van der Waals surface area contributed by atoms with E-state index in [1.54, 1.807) is 0 Å². The molecular formula is C17H20O5. The van der Waals surface area contributed by atoms with Crippen LogP contribution in [0, 0.1) is 11.8 Å². The third-order valence-electron chi connectivity index (χ3n) is 4.43. The highest BCUT2D eigenvalue weighted by atomic mass is 16.7. The number of hydrogen-bond acceptors (Lipinski definition) is 5. The highest BCUT2D eigenvalue weighted by Crippen LogP contribution is 2.43. The van der Waals surface area contributed by atoms with Crippen molar-refractivity contribution in [2.75, 3.05) is 20.5 Å².